The van der Waals surface area contributed by atoms with Gasteiger partial charge in [0.1, 0.15) is 11.9 Å². The van der Waals surface area contributed by atoms with Gasteiger partial charge in [-0.2, -0.15) is 13.8 Å². The zero-order chi connectivity index (χ0) is 26.5. The molecule has 2 N–H and O–H groups in total. The topological polar surface area (TPSA) is 96.4 Å². The number of hydrogen-bond donors (Lipinski definition) is 2. The SMILES string of the molecule is Cc1ccc(NC(=O)N2CC[C@H](OC(F)F)C2)cc1-c1cc(O[C@H](C)[C@@H](C)O)nc(N2CCOCC2)c1. The van der Waals surface area contributed by atoms with Crippen LogP contribution in [0.3, 0.4) is 0 Å². The Hall–Kier alpha value is -3.02. The third kappa shape index (κ3) is 7.06. The van der Waals surface area contributed by atoms with Crippen LogP contribution in [0.25, 0.3) is 11.1 Å². The predicted octanol–water partition coefficient (Wildman–Crippen LogP) is 3.89. The van der Waals surface area contributed by atoms with Crippen LogP contribution in [0, 0.1) is 6.92 Å². The molecule has 2 aromatic rings. The highest BCUT2D eigenvalue weighted by molar-refractivity contribution is 5.90. The number of alkyl halides is 2. The molecular weight excluding hydrogens is 486 g/mol. The molecular formula is C26H34F2N4O5. The van der Waals surface area contributed by atoms with Crippen LogP contribution in [0.1, 0.15) is 25.8 Å². The van der Waals surface area contributed by atoms with Gasteiger partial charge < -0.3 is 34.4 Å². The second kappa shape index (κ2) is 12.0. The fourth-order valence-corrected chi connectivity index (χ4v) is 4.33. The van der Waals surface area contributed by atoms with E-state index in [1.54, 1.807) is 19.9 Å². The molecule has 11 heteroatoms. The Bertz CT molecular complexity index is 1080. The number of aliphatic hydroxyl groups is 1. The number of hydrogen-bond acceptors (Lipinski definition) is 7. The molecule has 0 saturated carbocycles. The summed E-state index contributed by atoms with van der Waals surface area (Å²) in [6.07, 6.45) is -1.43. The number of urea groups is 1. The molecule has 2 amide bonds. The number of morpholine rings is 1. The van der Waals surface area contributed by atoms with Gasteiger partial charge in [-0.05, 0) is 62.1 Å². The van der Waals surface area contributed by atoms with Crippen molar-refractivity contribution in [3.63, 3.8) is 0 Å². The summed E-state index contributed by atoms with van der Waals surface area (Å²) < 4.78 is 41.0. The molecule has 4 rings (SSSR count). The van der Waals surface area contributed by atoms with Gasteiger partial charge in [0.2, 0.25) is 5.88 Å². The lowest BCUT2D eigenvalue weighted by Gasteiger charge is -2.29. The minimum atomic E-state index is -2.85. The molecule has 37 heavy (non-hydrogen) atoms. The molecule has 9 nitrogen and oxygen atoms in total. The molecule has 2 saturated heterocycles. The van der Waals surface area contributed by atoms with Gasteiger partial charge in [-0.1, -0.05) is 6.07 Å². The van der Waals surface area contributed by atoms with E-state index in [4.69, 9.17) is 9.47 Å². The number of aryl methyl sites for hydroxylation is 1. The fourth-order valence-electron chi connectivity index (χ4n) is 4.33. The minimum absolute atomic E-state index is 0.115. The second-order valence-corrected chi connectivity index (χ2v) is 9.43. The zero-order valence-corrected chi connectivity index (χ0v) is 21.3. The summed E-state index contributed by atoms with van der Waals surface area (Å²) in [5.41, 5.74) is 3.29. The summed E-state index contributed by atoms with van der Waals surface area (Å²) in [4.78, 5) is 21.1. The van der Waals surface area contributed by atoms with E-state index in [9.17, 15) is 18.7 Å². The molecule has 3 atom stereocenters. The largest absolute Gasteiger partial charge is 0.472 e. The van der Waals surface area contributed by atoms with Gasteiger partial charge in [-0.15, -0.1) is 0 Å². The summed E-state index contributed by atoms with van der Waals surface area (Å²) in [6.45, 7) is 5.63. The van der Waals surface area contributed by atoms with E-state index in [-0.39, 0.29) is 12.6 Å². The van der Waals surface area contributed by atoms with Gasteiger partial charge in [0.05, 0.1) is 25.4 Å². The number of pyridine rings is 1. The maximum atomic E-state index is 12.8. The third-order valence-electron chi connectivity index (χ3n) is 6.64. The highest BCUT2D eigenvalue weighted by Gasteiger charge is 2.29. The standard InChI is InChI=1S/C26H34F2N4O5/c1-16-4-5-20(29-26(34)32-7-6-21(15-32)37-25(27)28)14-22(16)19-12-23(31-8-10-35-11-9-31)30-24(13-19)36-18(3)17(2)33/h4-5,12-14,17-18,21,25,33H,6-11,15H2,1-3H3,(H,29,34)/t17-,18-,21+/m1/s1. The van der Waals surface area contributed by atoms with E-state index in [2.05, 4.69) is 19.9 Å². The van der Waals surface area contributed by atoms with Crippen molar-refractivity contribution in [3.8, 4) is 17.0 Å². The first-order valence-electron chi connectivity index (χ1n) is 12.5. The lowest BCUT2D eigenvalue weighted by Crippen LogP contribution is -2.37. The Kier molecular flexibility index (Phi) is 8.78. The first kappa shape index (κ1) is 27.0. The normalized spacial score (nSPS) is 19.7. The van der Waals surface area contributed by atoms with Gasteiger partial charge >= 0.3 is 12.6 Å². The molecule has 2 aliphatic rings. The number of carbonyl (C=O) groups excluding carboxylic acids is 1. The number of carbonyl (C=O) groups is 1. The number of benzene rings is 1. The number of anilines is 2. The Balaban J connectivity index is 1.58. The average Bonchev–Trinajstić information content (AvgIpc) is 3.33. The van der Waals surface area contributed by atoms with Crippen LogP contribution in [0.4, 0.5) is 25.1 Å². The monoisotopic (exact) mass is 520 g/mol. The molecule has 3 heterocycles. The molecule has 1 aromatic heterocycles. The van der Waals surface area contributed by atoms with Gasteiger partial charge in [-0.3, -0.25) is 0 Å². The Morgan fingerprint density at radius 3 is 2.65 bits per heavy atom. The molecule has 2 fully saturated rings. The number of halogens is 2. The first-order valence-corrected chi connectivity index (χ1v) is 12.5. The van der Waals surface area contributed by atoms with E-state index >= 15 is 0 Å². The number of nitrogens with zero attached hydrogens (tertiary/aromatic N) is 3. The number of aliphatic hydroxyl groups excluding tert-OH is 1. The highest BCUT2D eigenvalue weighted by Crippen LogP contribution is 2.33. The summed E-state index contributed by atoms with van der Waals surface area (Å²) in [5.74, 6) is 1.13. The van der Waals surface area contributed by atoms with Crippen molar-refractivity contribution in [3.05, 3.63) is 35.9 Å². The number of rotatable bonds is 8. The molecule has 2 aliphatic heterocycles. The molecule has 1 aromatic carbocycles. The molecule has 0 aliphatic carbocycles. The van der Waals surface area contributed by atoms with Gasteiger partial charge in [0.15, 0.2) is 0 Å². The van der Waals surface area contributed by atoms with Crippen LogP contribution >= 0.6 is 0 Å². The van der Waals surface area contributed by atoms with Crippen molar-refractivity contribution >= 4 is 17.5 Å². The Morgan fingerprint density at radius 1 is 1.19 bits per heavy atom. The molecule has 202 valence electrons. The zero-order valence-electron chi connectivity index (χ0n) is 21.3. The van der Waals surface area contributed by atoms with Crippen LogP contribution in [0.2, 0.25) is 0 Å². The number of aromatic nitrogens is 1. The lowest BCUT2D eigenvalue weighted by atomic mass is 10.00. The van der Waals surface area contributed by atoms with E-state index < -0.39 is 24.9 Å². The smallest absolute Gasteiger partial charge is 0.345 e. The summed E-state index contributed by atoms with van der Waals surface area (Å²) in [7, 11) is 0. The van der Waals surface area contributed by atoms with Crippen molar-refractivity contribution in [1.29, 1.82) is 0 Å². The summed E-state index contributed by atoms with van der Waals surface area (Å²) >= 11 is 0. The van der Waals surface area contributed by atoms with Gasteiger partial charge in [-0.25, -0.2) is 4.79 Å². The highest BCUT2D eigenvalue weighted by atomic mass is 19.3. The van der Waals surface area contributed by atoms with Crippen molar-refractivity contribution in [2.75, 3.05) is 49.6 Å². The minimum Gasteiger partial charge on any atom is -0.472 e. The van der Waals surface area contributed by atoms with Crippen LogP contribution in [-0.2, 0) is 9.47 Å². The van der Waals surface area contributed by atoms with Crippen molar-refractivity contribution in [2.45, 2.75) is 52.1 Å². The maximum absolute atomic E-state index is 12.8. The number of likely N-dealkylation sites (tertiary alicyclic amines) is 1. The van der Waals surface area contributed by atoms with Gasteiger partial charge in [0, 0.05) is 37.9 Å². The first-order chi connectivity index (χ1) is 17.7. The molecule has 0 bridgehead atoms. The van der Waals surface area contributed by atoms with E-state index in [1.807, 2.05) is 31.2 Å². The van der Waals surface area contributed by atoms with E-state index in [0.29, 0.717) is 50.8 Å². The van der Waals surface area contributed by atoms with Crippen molar-refractivity contribution < 1.29 is 32.9 Å². The number of ether oxygens (including phenoxy) is 3. The molecule has 0 radical (unpaired) electrons. The number of amides is 2. The van der Waals surface area contributed by atoms with Crippen LogP contribution in [0.15, 0.2) is 30.3 Å². The predicted molar refractivity (Wildman–Crippen MR) is 135 cm³/mol. The van der Waals surface area contributed by atoms with Crippen molar-refractivity contribution in [1.82, 2.24) is 9.88 Å². The van der Waals surface area contributed by atoms with Gasteiger partial charge in [0.25, 0.3) is 0 Å². The quantitative estimate of drug-likeness (QED) is 0.545. The maximum Gasteiger partial charge on any atom is 0.345 e. The average molecular weight is 521 g/mol. The summed E-state index contributed by atoms with van der Waals surface area (Å²) in [6, 6.07) is 9.02. The van der Waals surface area contributed by atoms with E-state index in [1.165, 1.54) is 4.90 Å². The van der Waals surface area contributed by atoms with Crippen LogP contribution in [-0.4, -0.2) is 85.3 Å². The van der Waals surface area contributed by atoms with Crippen LogP contribution < -0.4 is 15.0 Å². The second-order valence-electron chi connectivity index (χ2n) is 9.43. The molecule has 0 unspecified atom stereocenters. The van der Waals surface area contributed by atoms with E-state index in [0.717, 1.165) is 22.5 Å². The Morgan fingerprint density at radius 2 is 1.95 bits per heavy atom. The third-order valence-corrected chi connectivity index (χ3v) is 6.64. The summed E-state index contributed by atoms with van der Waals surface area (Å²) in [5, 5.41) is 12.8. The van der Waals surface area contributed by atoms with Crippen molar-refractivity contribution in [2.24, 2.45) is 0 Å². The fraction of sp³-hybridized carbons (Fsp3) is 0.538. The van der Waals surface area contributed by atoms with Crippen LogP contribution in [0.5, 0.6) is 5.88 Å². The Labute approximate surface area is 215 Å². The lowest BCUT2D eigenvalue weighted by molar-refractivity contribution is -0.158. The molecule has 0 spiro atoms. The number of nitrogens with one attached hydrogen (secondary N) is 1.